The highest BCUT2D eigenvalue weighted by Gasteiger charge is 2.18. The number of carbonyl (C=O) groups is 2. The molecule has 1 saturated heterocycles. The fourth-order valence-electron chi connectivity index (χ4n) is 4.83. The molecule has 6 N–H and O–H groups in total. The van der Waals surface area contributed by atoms with E-state index in [1.807, 2.05) is 47.4 Å². The molecule has 3 aromatic carbocycles. The lowest BCUT2D eigenvalue weighted by atomic mass is 10.0. The third-order valence-electron chi connectivity index (χ3n) is 7.06. The fourth-order valence-corrected chi connectivity index (χ4v) is 5.16. The summed E-state index contributed by atoms with van der Waals surface area (Å²) >= 11 is 3.49. The van der Waals surface area contributed by atoms with Crippen LogP contribution in [0.1, 0.15) is 24.8 Å². The average Bonchev–Trinajstić information content (AvgIpc) is 3.54. The molecule has 11 heteroatoms. The van der Waals surface area contributed by atoms with Crippen LogP contribution in [0.5, 0.6) is 0 Å². The summed E-state index contributed by atoms with van der Waals surface area (Å²) in [5.74, 6) is 0.874. The number of carbonyl (C=O) groups excluding carboxylic acids is 2. The van der Waals surface area contributed by atoms with E-state index in [0.29, 0.717) is 43.4 Å². The number of rotatable bonds is 11. The molecule has 1 aliphatic heterocycles. The molecule has 0 bridgehead atoms. The minimum Gasteiger partial charge on any atom is -0.369 e. The zero-order valence-corrected chi connectivity index (χ0v) is 24.9. The lowest BCUT2D eigenvalue weighted by Crippen LogP contribution is -2.42. The van der Waals surface area contributed by atoms with E-state index in [4.69, 9.17) is 5.73 Å². The van der Waals surface area contributed by atoms with Crippen LogP contribution in [-0.2, 0) is 11.2 Å². The third kappa shape index (κ3) is 7.95. The Morgan fingerprint density at radius 1 is 0.952 bits per heavy atom. The molecule has 4 aromatic rings. The molecular formula is C31H35BrN8O2. The van der Waals surface area contributed by atoms with Crippen LogP contribution in [0.15, 0.2) is 77.4 Å². The van der Waals surface area contributed by atoms with Gasteiger partial charge in [-0.05, 0) is 76.1 Å². The van der Waals surface area contributed by atoms with Crippen LogP contribution in [0.25, 0.3) is 10.8 Å². The van der Waals surface area contributed by atoms with Crippen molar-refractivity contribution in [2.45, 2.75) is 31.7 Å². The predicted octanol–water partition coefficient (Wildman–Crippen LogP) is 5.25. The van der Waals surface area contributed by atoms with Crippen molar-refractivity contribution in [1.82, 2.24) is 20.2 Å². The molecule has 218 valence electrons. The molecule has 1 aromatic heterocycles. The van der Waals surface area contributed by atoms with E-state index in [9.17, 15) is 9.59 Å². The Bertz CT molecular complexity index is 1540. The number of likely N-dealkylation sites (tertiary alicyclic amines) is 1. The fraction of sp³-hybridized carbons (Fsp3) is 0.290. The molecule has 3 amide bonds. The number of halogens is 1. The Kier molecular flexibility index (Phi) is 9.83. The Hall–Kier alpha value is -4.22. The molecule has 5 rings (SSSR count). The van der Waals surface area contributed by atoms with E-state index >= 15 is 0 Å². The second-order valence-electron chi connectivity index (χ2n) is 10.3. The van der Waals surface area contributed by atoms with Gasteiger partial charge in [-0.1, -0.05) is 48.5 Å². The molecule has 2 heterocycles. The molecule has 0 saturated carbocycles. The van der Waals surface area contributed by atoms with Crippen LogP contribution in [0.4, 0.5) is 27.9 Å². The van der Waals surface area contributed by atoms with Gasteiger partial charge in [0.15, 0.2) is 0 Å². The predicted molar refractivity (Wildman–Crippen MR) is 171 cm³/mol. The molecule has 42 heavy (non-hydrogen) atoms. The number of nitrogens with zero attached hydrogens (tertiary/aromatic N) is 3. The van der Waals surface area contributed by atoms with Crippen LogP contribution in [0.2, 0.25) is 0 Å². The van der Waals surface area contributed by atoms with E-state index in [2.05, 4.69) is 71.4 Å². The summed E-state index contributed by atoms with van der Waals surface area (Å²) in [6.07, 6.45) is 4.92. The summed E-state index contributed by atoms with van der Waals surface area (Å²) in [6.45, 7) is 2.66. The third-order valence-corrected chi connectivity index (χ3v) is 7.64. The summed E-state index contributed by atoms with van der Waals surface area (Å²) in [7, 11) is 0. The number of urea groups is 1. The van der Waals surface area contributed by atoms with Crippen LogP contribution in [0, 0.1) is 0 Å². The number of hydrogen-bond donors (Lipinski definition) is 5. The highest BCUT2D eigenvalue weighted by molar-refractivity contribution is 9.10. The van der Waals surface area contributed by atoms with Gasteiger partial charge in [0.1, 0.15) is 5.82 Å². The topological polar surface area (TPSA) is 137 Å². The van der Waals surface area contributed by atoms with Crippen molar-refractivity contribution in [1.29, 1.82) is 0 Å². The normalized spacial score (nSPS) is 13.5. The minimum atomic E-state index is -0.615. The molecule has 1 atom stereocenters. The van der Waals surface area contributed by atoms with Gasteiger partial charge in [-0.25, -0.2) is 9.78 Å². The highest BCUT2D eigenvalue weighted by Crippen LogP contribution is 2.24. The quantitative estimate of drug-likeness (QED) is 0.143. The Balaban J connectivity index is 1.06. The summed E-state index contributed by atoms with van der Waals surface area (Å²) in [5.41, 5.74) is 8.67. The molecular weight excluding hydrogens is 596 g/mol. The number of nitrogens with one attached hydrogen (secondary N) is 4. The largest absolute Gasteiger partial charge is 0.369 e. The Labute approximate surface area is 253 Å². The van der Waals surface area contributed by atoms with Gasteiger partial charge in [-0.15, -0.1) is 0 Å². The van der Waals surface area contributed by atoms with Crippen LogP contribution >= 0.6 is 15.9 Å². The lowest BCUT2D eigenvalue weighted by Gasteiger charge is -2.16. The summed E-state index contributed by atoms with van der Waals surface area (Å²) < 4.78 is 0.723. The Morgan fingerprint density at radius 3 is 2.57 bits per heavy atom. The summed E-state index contributed by atoms with van der Waals surface area (Å²) in [6, 6.07) is 21.0. The second kappa shape index (κ2) is 14.1. The van der Waals surface area contributed by atoms with Gasteiger partial charge < -0.3 is 31.9 Å². The number of fused-ring (bicyclic) bond motifs is 1. The first-order chi connectivity index (χ1) is 20.4. The number of hydrogen-bond acceptors (Lipinski definition) is 7. The van der Waals surface area contributed by atoms with Crippen molar-refractivity contribution in [2.75, 3.05) is 42.1 Å². The second-order valence-corrected chi connectivity index (χ2v) is 11.1. The number of nitrogens with two attached hydrogens (primary N) is 1. The van der Waals surface area contributed by atoms with Crippen LogP contribution < -0.4 is 27.0 Å². The van der Waals surface area contributed by atoms with E-state index in [0.717, 1.165) is 52.4 Å². The molecule has 0 spiro atoms. The average molecular weight is 632 g/mol. The standard InChI is InChI=1S/C31H35BrN8O2/c32-26-20-36-30(37-24-9-5-10-25(19-24)38-31(42)40-15-3-4-16-40)39-28(26)34-13-6-14-35-29(41)27(33)18-21-11-12-22-7-1-2-8-23(22)17-21/h1-2,5,7-12,17,19-20,27H,3-4,6,13-16,18,33H2,(H,35,41)(H,38,42)(H2,34,36,37,39)/t27-/m0/s1. The van der Waals surface area contributed by atoms with E-state index in [1.165, 1.54) is 0 Å². The van der Waals surface area contributed by atoms with Crippen LogP contribution in [-0.4, -0.2) is 59.0 Å². The summed E-state index contributed by atoms with van der Waals surface area (Å²) in [5, 5.41) is 14.7. The van der Waals surface area contributed by atoms with Crippen LogP contribution in [0.3, 0.4) is 0 Å². The first-order valence-corrected chi connectivity index (χ1v) is 14.9. The number of aromatic nitrogens is 2. The Morgan fingerprint density at radius 2 is 1.74 bits per heavy atom. The molecule has 0 unspecified atom stereocenters. The summed E-state index contributed by atoms with van der Waals surface area (Å²) in [4.78, 5) is 35.7. The highest BCUT2D eigenvalue weighted by atomic mass is 79.9. The van der Waals surface area contributed by atoms with Crippen molar-refractivity contribution in [3.05, 3.63) is 83.0 Å². The smallest absolute Gasteiger partial charge is 0.321 e. The first-order valence-electron chi connectivity index (χ1n) is 14.1. The number of anilines is 4. The zero-order valence-electron chi connectivity index (χ0n) is 23.3. The van der Waals surface area contributed by atoms with Crippen molar-refractivity contribution < 1.29 is 9.59 Å². The minimum absolute atomic E-state index is 0.0841. The maximum Gasteiger partial charge on any atom is 0.321 e. The lowest BCUT2D eigenvalue weighted by molar-refractivity contribution is -0.122. The van der Waals surface area contributed by atoms with Crippen molar-refractivity contribution >= 4 is 61.8 Å². The molecule has 1 aliphatic rings. The zero-order chi connectivity index (χ0) is 29.3. The molecule has 10 nitrogen and oxygen atoms in total. The number of amides is 3. The maximum absolute atomic E-state index is 12.5. The van der Waals surface area contributed by atoms with Gasteiger partial charge in [0.25, 0.3) is 0 Å². The van der Waals surface area contributed by atoms with Gasteiger partial charge >= 0.3 is 6.03 Å². The van der Waals surface area contributed by atoms with E-state index in [1.54, 1.807) is 6.20 Å². The molecule has 1 fully saturated rings. The van der Waals surface area contributed by atoms with Crippen molar-refractivity contribution in [2.24, 2.45) is 5.73 Å². The van der Waals surface area contributed by atoms with E-state index in [-0.39, 0.29) is 11.9 Å². The number of benzene rings is 3. The van der Waals surface area contributed by atoms with Crippen molar-refractivity contribution in [3.8, 4) is 0 Å². The molecule has 0 aliphatic carbocycles. The first kappa shape index (κ1) is 29.3. The maximum atomic E-state index is 12.5. The SMILES string of the molecule is N[C@@H](Cc1ccc2ccccc2c1)C(=O)NCCCNc1nc(Nc2cccc(NC(=O)N3CCCC3)c2)ncc1Br. The van der Waals surface area contributed by atoms with E-state index < -0.39 is 6.04 Å². The molecule has 0 radical (unpaired) electrons. The monoisotopic (exact) mass is 630 g/mol. The van der Waals surface area contributed by atoms with Gasteiger partial charge in [-0.3, -0.25) is 4.79 Å². The van der Waals surface area contributed by atoms with Crippen molar-refractivity contribution in [3.63, 3.8) is 0 Å². The van der Waals surface area contributed by atoms with Gasteiger partial charge in [-0.2, -0.15) is 4.98 Å². The van der Waals surface area contributed by atoms with Gasteiger partial charge in [0.05, 0.1) is 10.5 Å². The van der Waals surface area contributed by atoms with Gasteiger partial charge in [0, 0.05) is 43.8 Å². The van der Waals surface area contributed by atoms with Gasteiger partial charge in [0.2, 0.25) is 11.9 Å².